The molecular formula is C33H43F3N6O3S. The highest BCUT2D eigenvalue weighted by Crippen LogP contribution is 2.46. The van der Waals surface area contributed by atoms with Gasteiger partial charge in [0.15, 0.2) is 0 Å². The third-order valence-electron chi connectivity index (χ3n) is 8.59. The van der Waals surface area contributed by atoms with Gasteiger partial charge in [0.05, 0.1) is 6.04 Å². The van der Waals surface area contributed by atoms with E-state index in [2.05, 4.69) is 34.1 Å². The molecule has 0 spiro atoms. The number of amides is 2. The lowest BCUT2D eigenvalue weighted by Gasteiger charge is -2.45. The zero-order valence-electron chi connectivity index (χ0n) is 27.4. The zero-order valence-corrected chi connectivity index (χ0v) is 28.2. The Hall–Kier alpha value is -3.58. The number of piperidine rings is 1. The van der Waals surface area contributed by atoms with E-state index in [1.54, 1.807) is 24.1 Å². The Morgan fingerprint density at radius 1 is 1.02 bits per heavy atom. The largest absolute Gasteiger partial charge is 0.451 e. The van der Waals surface area contributed by atoms with Crippen molar-refractivity contribution in [3.63, 3.8) is 0 Å². The molecule has 2 amide bonds. The van der Waals surface area contributed by atoms with Crippen molar-refractivity contribution in [2.24, 2.45) is 17.1 Å². The fourth-order valence-corrected chi connectivity index (χ4v) is 6.70. The molecule has 4 rings (SSSR count). The molecule has 3 aromatic rings. The molecule has 250 valence electrons. The number of rotatable bonds is 8. The molecule has 1 aromatic carbocycles. The van der Waals surface area contributed by atoms with Gasteiger partial charge in [-0.15, -0.1) is 11.3 Å². The molecule has 2 aromatic heterocycles. The number of likely N-dealkylation sites (tertiary alicyclic amines) is 1. The van der Waals surface area contributed by atoms with E-state index in [4.69, 9.17) is 10.5 Å². The monoisotopic (exact) mass is 660 g/mol. The SMILES string of the molecule is Cc1cnc(-c2cc(C(=O)N[C@H](C)c3cnc(C(F)(F)F)nc3)cc([C@H](CN)C(C)(C)C3CCN(C(=O)OC(C)(C)C)CC3)c2)s1. The van der Waals surface area contributed by atoms with Gasteiger partial charge in [-0.3, -0.25) is 4.79 Å². The molecule has 1 fully saturated rings. The minimum Gasteiger partial charge on any atom is -0.444 e. The van der Waals surface area contributed by atoms with Gasteiger partial charge in [0.1, 0.15) is 10.6 Å². The highest BCUT2D eigenvalue weighted by atomic mass is 32.1. The van der Waals surface area contributed by atoms with Crippen molar-refractivity contribution in [1.82, 2.24) is 25.2 Å². The van der Waals surface area contributed by atoms with Crippen LogP contribution in [0.2, 0.25) is 0 Å². The van der Waals surface area contributed by atoms with E-state index in [-0.39, 0.29) is 23.3 Å². The molecule has 0 radical (unpaired) electrons. The second-order valence-electron chi connectivity index (χ2n) is 13.5. The first-order valence-corrected chi connectivity index (χ1v) is 16.2. The zero-order chi connectivity index (χ0) is 34.0. The van der Waals surface area contributed by atoms with E-state index in [1.807, 2.05) is 39.8 Å². The lowest BCUT2D eigenvalue weighted by molar-refractivity contribution is -0.145. The summed E-state index contributed by atoms with van der Waals surface area (Å²) in [4.78, 5) is 40.5. The molecule has 13 heteroatoms. The molecule has 0 saturated carbocycles. The Morgan fingerprint density at radius 3 is 2.17 bits per heavy atom. The smallest absolute Gasteiger partial charge is 0.444 e. The molecule has 0 unspecified atom stereocenters. The van der Waals surface area contributed by atoms with Gasteiger partial charge in [-0.25, -0.2) is 19.7 Å². The second kappa shape index (κ2) is 13.6. The minimum atomic E-state index is -4.65. The maximum atomic E-state index is 13.6. The average molecular weight is 661 g/mol. The van der Waals surface area contributed by atoms with Gasteiger partial charge in [0.2, 0.25) is 5.82 Å². The summed E-state index contributed by atoms with van der Waals surface area (Å²) in [6.07, 6.45) is 0.533. The van der Waals surface area contributed by atoms with E-state index in [0.29, 0.717) is 30.8 Å². The first-order valence-electron chi connectivity index (χ1n) is 15.3. The van der Waals surface area contributed by atoms with Crippen LogP contribution < -0.4 is 11.1 Å². The number of benzene rings is 1. The molecular weight excluding hydrogens is 617 g/mol. The van der Waals surface area contributed by atoms with Gasteiger partial charge < -0.3 is 20.7 Å². The summed E-state index contributed by atoms with van der Waals surface area (Å²) in [5.41, 5.74) is 8.01. The van der Waals surface area contributed by atoms with E-state index >= 15 is 0 Å². The van der Waals surface area contributed by atoms with E-state index in [1.165, 1.54) is 11.3 Å². The number of ether oxygens (including phenoxy) is 1. The van der Waals surface area contributed by atoms with Crippen LogP contribution in [0.4, 0.5) is 18.0 Å². The Bertz CT molecular complexity index is 1530. The molecule has 1 aliphatic heterocycles. The van der Waals surface area contributed by atoms with Crippen molar-refractivity contribution >= 4 is 23.3 Å². The van der Waals surface area contributed by atoms with Gasteiger partial charge in [-0.05, 0) is 89.1 Å². The Balaban J connectivity index is 1.60. The summed E-state index contributed by atoms with van der Waals surface area (Å²) >= 11 is 1.51. The first-order chi connectivity index (χ1) is 21.4. The van der Waals surface area contributed by atoms with Gasteiger partial charge >= 0.3 is 12.3 Å². The molecule has 0 bridgehead atoms. The summed E-state index contributed by atoms with van der Waals surface area (Å²) in [5, 5.41) is 3.64. The molecule has 46 heavy (non-hydrogen) atoms. The van der Waals surface area contributed by atoms with E-state index < -0.39 is 29.6 Å². The van der Waals surface area contributed by atoms with Crippen molar-refractivity contribution in [2.45, 2.75) is 85.0 Å². The fourth-order valence-electron chi connectivity index (χ4n) is 5.95. The lowest BCUT2D eigenvalue weighted by Crippen LogP contribution is -2.46. The van der Waals surface area contributed by atoms with Gasteiger partial charge in [0, 0.05) is 59.2 Å². The third-order valence-corrected chi connectivity index (χ3v) is 9.56. The Morgan fingerprint density at radius 2 is 1.65 bits per heavy atom. The summed E-state index contributed by atoms with van der Waals surface area (Å²) in [6.45, 7) is 15.0. The number of carbonyl (C=O) groups excluding carboxylic acids is 2. The Labute approximate surface area is 272 Å². The molecule has 0 aliphatic carbocycles. The van der Waals surface area contributed by atoms with Crippen LogP contribution in [0.15, 0.2) is 36.8 Å². The van der Waals surface area contributed by atoms with Crippen molar-refractivity contribution in [2.75, 3.05) is 19.6 Å². The normalized spacial score (nSPS) is 16.2. The number of carbonyl (C=O) groups is 2. The molecule has 3 heterocycles. The van der Waals surface area contributed by atoms with Crippen LogP contribution in [0, 0.1) is 18.3 Å². The number of thiazole rings is 1. The van der Waals surface area contributed by atoms with Crippen LogP contribution in [0.5, 0.6) is 0 Å². The van der Waals surface area contributed by atoms with Gasteiger partial charge in [0.25, 0.3) is 5.91 Å². The fraction of sp³-hybridized carbons (Fsp3) is 0.545. The van der Waals surface area contributed by atoms with Crippen LogP contribution in [-0.4, -0.2) is 57.1 Å². The van der Waals surface area contributed by atoms with Crippen LogP contribution in [0.25, 0.3) is 10.6 Å². The van der Waals surface area contributed by atoms with Crippen LogP contribution in [0.3, 0.4) is 0 Å². The number of aromatic nitrogens is 3. The standard InChI is InChI=1S/C33H43F3N6O3S/c1-19-16-38-28(46-19)23-13-21(12-22(14-23)27(43)41-20(2)24-17-39-29(40-18-24)33(34,35)36)26(15-37)32(6,7)25-8-10-42(11-9-25)30(44)45-31(3,4)5/h12-14,16-18,20,25-26H,8-11,15,37H2,1-7H3,(H,41,43)/t20-,26+/m1/s1. The van der Waals surface area contributed by atoms with Crippen LogP contribution in [0.1, 0.15) is 98.5 Å². The quantitative estimate of drug-likeness (QED) is 0.263. The lowest BCUT2D eigenvalue weighted by atomic mass is 9.64. The highest BCUT2D eigenvalue weighted by molar-refractivity contribution is 7.14. The molecule has 1 aliphatic rings. The predicted octanol–water partition coefficient (Wildman–Crippen LogP) is 7.13. The topological polar surface area (TPSA) is 123 Å². The average Bonchev–Trinajstić information content (AvgIpc) is 3.42. The van der Waals surface area contributed by atoms with Gasteiger partial charge in [-0.1, -0.05) is 13.8 Å². The van der Waals surface area contributed by atoms with E-state index in [9.17, 15) is 22.8 Å². The van der Waals surface area contributed by atoms with Crippen molar-refractivity contribution in [1.29, 1.82) is 0 Å². The number of aryl methyl sites for hydroxylation is 1. The third kappa shape index (κ3) is 8.41. The summed E-state index contributed by atoms with van der Waals surface area (Å²) < 4.78 is 44.4. The van der Waals surface area contributed by atoms with Gasteiger partial charge in [-0.2, -0.15) is 13.2 Å². The van der Waals surface area contributed by atoms with Crippen molar-refractivity contribution < 1.29 is 27.5 Å². The number of halogens is 3. The number of alkyl halides is 3. The number of nitrogens with zero attached hydrogens (tertiary/aromatic N) is 4. The molecule has 9 nitrogen and oxygen atoms in total. The maximum Gasteiger partial charge on any atom is 0.451 e. The second-order valence-corrected chi connectivity index (χ2v) is 14.7. The highest BCUT2D eigenvalue weighted by Gasteiger charge is 2.40. The minimum absolute atomic E-state index is 0.126. The molecule has 2 atom stereocenters. The van der Waals surface area contributed by atoms with Crippen LogP contribution in [-0.2, 0) is 10.9 Å². The number of nitrogens with two attached hydrogens (primary N) is 1. The van der Waals surface area contributed by atoms with Crippen molar-refractivity contribution in [3.05, 3.63) is 64.2 Å². The molecule has 1 saturated heterocycles. The molecule has 3 N–H and O–H groups in total. The number of hydrogen-bond acceptors (Lipinski definition) is 8. The number of hydrogen-bond donors (Lipinski definition) is 2. The predicted molar refractivity (Wildman–Crippen MR) is 171 cm³/mol. The van der Waals surface area contributed by atoms with Crippen molar-refractivity contribution in [3.8, 4) is 10.6 Å². The first kappa shape index (κ1) is 35.3. The number of nitrogens with one attached hydrogen (secondary N) is 1. The van der Waals surface area contributed by atoms with Crippen LogP contribution >= 0.6 is 11.3 Å². The Kier molecular flexibility index (Phi) is 10.5. The summed E-state index contributed by atoms with van der Waals surface area (Å²) in [5.74, 6) is -1.51. The maximum absolute atomic E-state index is 13.6. The van der Waals surface area contributed by atoms with E-state index in [0.717, 1.165) is 46.2 Å². The summed E-state index contributed by atoms with van der Waals surface area (Å²) in [6, 6.07) is 5.00. The summed E-state index contributed by atoms with van der Waals surface area (Å²) in [7, 11) is 0.